The number of carbonyl (C=O) groups is 1. The molecule has 0 saturated heterocycles. The molecular weight excluding hydrogens is 242 g/mol. The van der Waals surface area contributed by atoms with Crippen LogP contribution in [0.15, 0.2) is 6.07 Å². The zero-order valence-electron chi connectivity index (χ0n) is 9.14. The van der Waals surface area contributed by atoms with Crippen molar-refractivity contribution in [1.29, 1.82) is 0 Å². The standard InChI is InChI=1S/C11H10ClN3O2/c1-5-9-7(11(16)17)4-8(12)13-10(9)15(14-5)6-2-3-6/h4,6H,2-3H2,1H3,(H,16,17). The van der Waals surface area contributed by atoms with Crippen LogP contribution in [-0.4, -0.2) is 25.8 Å². The number of carboxylic acids is 1. The average Bonchev–Trinajstić information content (AvgIpc) is 3.04. The Morgan fingerprint density at radius 1 is 1.59 bits per heavy atom. The van der Waals surface area contributed by atoms with Crippen LogP contribution >= 0.6 is 11.6 Å². The first kappa shape index (κ1) is 10.5. The van der Waals surface area contributed by atoms with Crippen molar-refractivity contribution in [3.05, 3.63) is 22.5 Å². The summed E-state index contributed by atoms with van der Waals surface area (Å²) in [6.45, 7) is 1.79. The minimum absolute atomic E-state index is 0.171. The first-order valence-corrected chi connectivity index (χ1v) is 5.74. The predicted molar refractivity (Wildman–Crippen MR) is 62.5 cm³/mol. The fraction of sp³-hybridized carbons (Fsp3) is 0.364. The summed E-state index contributed by atoms with van der Waals surface area (Å²) in [6, 6.07) is 1.72. The minimum atomic E-state index is -1.00. The highest BCUT2D eigenvalue weighted by Crippen LogP contribution is 2.37. The van der Waals surface area contributed by atoms with Crippen molar-refractivity contribution >= 4 is 28.6 Å². The molecule has 88 valence electrons. The van der Waals surface area contributed by atoms with Crippen LogP contribution in [-0.2, 0) is 0 Å². The molecule has 1 saturated carbocycles. The number of rotatable bonds is 2. The highest BCUT2D eigenvalue weighted by atomic mass is 35.5. The van der Waals surface area contributed by atoms with E-state index in [1.807, 2.05) is 0 Å². The molecule has 0 aliphatic heterocycles. The predicted octanol–water partition coefficient (Wildman–Crippen LogP) is 2.43. The SMILES string of the molecule is Cc1nn(C2CC2)c2nc(Cl)cc(C(=O)O)c12. The van der Waals surface area contributed by atoms with E-state index in [1.54, 1.807) is 11.6 Å². The molecule has 2 aromatic rings. The molecule has 2 aromatic heterocycles. The molecule has 0 spiro atoms. The lowest BCUT2D eigenvalue weighted by atomic mass is 10.1. The molecule has 0 aromatic carbocycles. The van der Waals surface area contributed by atoms with Crippen molar-refractivity contribution in [2.75, 3.05) is 0 Å². The molecule has 1 aliphatic rings. The van der Waals surface area contributed by atoms with Crippen LogP contribution in [0.5, 0.6) is 0 Å². The number of nitrogens with zero attached hydrogens (tertiary/aromatic N) is 3. The number of aromatic carboxylic acids is 1. The van der Waals surface area contributed by atoms with E-state index in [1.165, 1.54) is 6.07 Å². The summed E-state index contributed by atoms with van der Waals surface area (Å²) in [5.41, 5.74) is 1.44. The van der Waals surface area contributed by atoms with Gasteiger partial charge < -0.3 is 5.11 Å². The molecule has 0 radical (unpaired) electrons. The van der Waals surface area contributed by atoms with E-state index >= 15 is 0 Å². The Bertz CT molecular complexity index is 631. The van der Waals surface area contributed by atoms with E-state index < -0.39 is 5.97 Å². The average molecular weight is 252 g/mol. The second kappa shape index (κ2) is 3.43. The Hall–Kier alpha value is -1.62. The van der Waals surface area contributed by atoms with Crippen molar-refractivity contribution in [1.82, 2.24) is 14.8 Å². The van der Waals surface area contributed by atoms with E-state index in [-0.39, 0.29) is 10.7 Å². The Morgan fingerprint density at radius 3 is 2.88 bits per heavy atom. The van der Waals surface area contributed by atoms with Gasteiger partial charge in [0.1, 0.15) is 5.15 Å². The summed E-state index contributed by atoms with van der Waals surface area (Å²) < 4.78 is 1.79. The van der Waals surface area contributed by atoms with Crippen LogP contribution in [0, 0.1) is 6.92 Å². The molecule has 0 bridgehead atoms. The molecule has 0 amide bonds. The highest BCUT2D eigenvalue weighted by Gasteiger charge is 2.29. The van der Waals surface area contributed by atoms with Crippen molar-refractivity contribution in [3.63, 3.8) is 0 Å². The second-order valence-corrected chi connectivity index (χ2v) is 4.64. The van der Waals surface area contributed by atoms with Crippen molar-refractivity contribution in [3.8, 4) is 0 Å². The number of carboxylic acid groups (broad SMARTS) is 1. The third kappa shape index (κ3) is 1.58. The molecule has 1 aliphatic carbocycles. The molecular formula is C11H10ClN3O2. The maximum Gasteiger partial charge on any atom is 0.336 e. The zero-order chi connectivity index (χ0) is 12.2. The smallest absolute Gasteiger partial charge is 0.336 e. The molecule has 0 unspecified atom stereocenters. The lowest BCUT2D eigenvalue weighted by Crippen LogP contribution is -2.01. The maximum absolute atomic E-state index is 11.2. The van der Waals surface area contributed by atoms with Gasteiger partial charge in [0.2, 0.25) is 0 Å². The zero-order valence-corrected chi connectivity index (χ0v) is 9.90. The van der Waals surface area contributed by atoms with Gasteiger partial charge >= 0.3 is 5.97 Å². The van der Waals surface area contributed by atoms with Gasteiger partial charge in [-0.05, 0) is 25.8 Å². The van der Waals surface area contributed by atoms with Crippen LogP contribution in [0.25, 0.3) is 11.0 Å². The van der Waals surface area contributed by atoms with E-state index in [4.69, 9.17) is 11.6 Å². The first-order valence-electron chi connectivity index (χ1n) is 5.36. The van der Waals surface area contributed by atoms with Gasteiger partial charge in [-0.25, -0.2) is 14.5 Å². The number of hydrogen-bond acceptors (Lipinski definition) is 3. The monoisotopic (exact) mass is 251 g/mol. The van der Waals surface area contributed by atoms with Gasteiger partial charge in [0.05, 0.1) is 22.7 Å². The Kier molecular flexibility index (Phi) is 2.13. The van der Waals surface area contributed by atoms with Gasteiger partial charge in [0, 0.05) is 0 Å². The number of fused-ring (bicyclic) bond motifs is 1. The molecule has 0 atom stereocenters. The van der Waals surface area contributed by atoms with Gasteiger partial charge in [-0.3, -0.25) is 0 Å². The van der Waals surface area contributed by atoms with Gasteiger partial charge in [-0.1, -0.05) is 11.6 Å². The van der Waals surface area contributed by atoms with Crippen LogP contribution < -0.4 is 0 Å². The van der Waals surface area contributed by atoms with E-state index in [0.717, 1.165) is 12.8 Å². The molecule has 17 heavy (non-hydrogen) atoms. The van der Waals surface area contributed by atoms with E-state index in [9.17, 15) is 9.90 Å². The van der Waals surface area contributed by atoms with Gasteiger partial charge in [-0.2, -0.15) is 5.10 Å². The summed E-state index contributed by atoms with van der Waals surface area (Å²) in [6.07, 6.45) is 2.12. The Balaban J connectivity index is 2.38. The Morgan fingerprint density at radius 2 is 2.29 bits per heavy atom. The fourth-order valence-corrected chi connectivity index (χ4v) is 2.21. The van der Waals surface area contributed by atoms with Gasteiger partial charge in [0.25, 0.3) is 0 Å². The van der Waals surface area contributed by atoms with Crippen LogP contribution in [0.2, 0.25) is 5.15 Å². The van der Waals surface area contributed by atoms with Crippen molar-refractivity contribution < 1.29 is 9.90 Å². The molecule has 2 heterocycles. The highest BCUT2D eigenvalue weighted by molar-refractivity contribution is 6.30. The largest absolute Gasteiger partial charge is 0.478 e. The number of halogens is 1. The lowest BCUT2D eigenvalue weighted by molar-refractivity contribution is 0.0699. The summed E-state index contributed by atoms with van der Waals surface area (Å²) in [7, 11) is 0. The normalized spacial score (nSPS) is 15.4. The fourth-order valence-electron chi connectivity index (χ4n) is 2.02. The number of hydrogen-bond donors (Lipinski definition) is 1. The summed E-state index contributed by atoms with van der Waals surface area (Å²) >= 11 is 5.86. The van der Waals surface area contributed by atoms with Crippen LogP contribution in [0.1, 0.15) is 34.9 Å². The molecule has 1 fully saturated rings. The molecule has 5 nitrogen and oxygen atoms in total. The lowest BCUT2D eigenvalue weighted by Gasteiger charge is -2.01. The van der Waals surface area contributed by atoms with Crippen LogP contribution in [0.3, 0.4) is 0 Å². The first-order chi connectivity index (χ1) is 8.08. The molecule has 3 rings (SSSR count). The molecule has 1 N–H and O–H groups in total. The number of aryl methyl sites for hydroxylation is 1. The van der Waals surface area contributed by atoms with Crippen molar-refractivity contribution in [2.45, 2.75) is 25.8 Å². The van der Waals surface area contributed by atoms with Crippen LogP contribution in [0.4, 0.5) is 0 Å². The second-order valence-electron chi connectivity index (χ2n) is 4.26. The number of aromatic nitrogens is 3. The van der Waals surface area contributed by atoms with Gasteiger partial charge in [0.15, 0.2) is 5.65 Å². The minimum Gasteiger partial charge on any atom is -0.478 e. The quantitative estimate of drug-likeness (QED) is 0.833. The van der Waals surface area contributed by atoms with E-state index in [2.05, 4.69) is 10.1 Å². The van der Waals surface area contributed by atoms with E-state index in [0.29, 0.717) is 22.8 Å². The number of pyridine rings is 1. The maximum atomic E-state index is 11.2. The Labute approximate surface area is 102 Å². The topological polar surface area (TPSA) is 68.0 Å². The molecule has 6 heteroatoms. The summed E-state index contributed by atoms with van der Waals surface area (Å²) in [5.74, 6) is -1.00. The third-order valence-corrected chi connectivity index (χ3v) is 3.12. The summed E-state index contributed by atoms with van der Waals surface area (Å²) in [5, 5.41) is 14.3. The van der Waals surface area contributed by atoms with Crippen molar-refractivity contribution in [2.24, 2.45) is 0 Å². The summed E-state index contributed by atoms with van der Waals surface area (Å²) in [4.78, 5) is 15.4. The third-order valence-electron chi connectivity index (χ3n) is 2.93. The van der Waals surface area contributed by atoms with Gasteiger partial charge in [-0.15, -0.1) is 0 Å².